The fourth-order valence-corrected chi connectivity index (χ4v) is 3.06. The zero-order chi connectivity index (χ0) is 18.0. The lowest BCUT2D eigenvalue weighted by Crippen LogP contribution is -2.42. The minimum Gasteiger partial charge on any atom is -0.507 e. The second kappa shape index (κ2) is 7.15. The molecule has 0 spiro atoms. The first kappa shape index (κ1) is 17.3. The van der Waals surface area contributed by atoms with Crippen molar-refractivity contribution < 1.29 is 19.4 Å². The third-order valence-corrected chi connectivity index (χ3v) is 4.49. The van der Waals surface area contributed by atoms with E-state index in [-0.39, 0.29) is 17.2 Å². The predicted octanol–water partition coefficient (Wildman–Crippen LogP) is 3.18. The molecular formula is C19H18ClNO4. The molecule has 0 radical (unpaired) electrons. The Kier molecular flexibility index (Phi) is 4.95. The van der Waals surface area contributed by atoms with Crippen molar-refractivity contribution in [2.24, 2.45) is 0 Å². The zero-order valence-corrected chi connectivity index (χ0v) is 14.5. The fraction of sp³-hybridized carbons (Fsp3) is 0.263. The number of halogens is 1. The number of phenols is 1. The summed E-state index contributed by atoms with van der Waals surface area (Å²) in [6.45, 7) is 2.61. The van der Waals surface area contributed by atoms with E-state index in [1.165, 1.54) is 30.7 Å². The molecule has 0 aliphatic carbocycles. The number of hydrogen-bond donors (Lipinski definition) is 1. The number of phenolic OH excluding ortho intramolecular Hbond substituents is 1. The Balaban J connectivity index is 1.67. The molecule has 2 aromatic carbocycles. The van der Waals surface area contributed by atoms with Crippen LogP contribution in [0.5, 0.6) is 5.75 Å². The van der Waals surface area contributed by atoms with E-state index in [0.29, 0.717) is 18.1 Å². The van der Waals surface area contributed by atoms with Gasteiger partial charge in [-0.2, -0.15) is 0 Å². The summed E-state index contributed by atoms with van der Waals surface area (Å²) < 4.78 is 5.23. The average molecular weight is 360 g/mol. The second-order valence-electron chi connectivity index (χ2n) is 5.99. The number of carbonyl (C=O) groups is 2. The normalized spacial score (nSPS) is 14.6. The molecule has 1 aliphatic heterocycles. The highest BCUT2D eigenvalue weighted by Gasteiger charge is 2.27. The van der Waals surface area contributed by atoms with Gasteiger partial charge in [0.05, 0.1) is 0 Å². The molecule has 1 amide bonds. The van der Waals surface area contributed by atoms with Gasteiger partial charge in [-0.15, -0.1) is 0 Å². The highest BCUT2D eigenvalue weighted by atomic mass is 35.5. The summed E-state index contributed by atoms with van der Waals surface area (Å²) in [5.41, 5.74) is 2.28. The molecule has 1 N–H and O–H groups in total. The smallest absolute Gasteiger partial charge is 0.342 e. The van der Waals surface area contributed by atoms with E-state index >= 15 is 0 Å². The molecule has 0 bridgehead atoms. The first-order chi connectivity index (χ1) is 12.0. The quantitative estimate of drug-likeness (QED) is 0.855. The Labute approximate surface area is 150 Å². The number of amides is 1. The Hall–Kier alpha value is -2.53. The van der Waals surface area contributed by atoms with Crippen LogP contribution in [0.3, 0.4) is 0 Å². The summed E-state index contributed by atoms with van der Waals surface area (Å²) in [7, 11) is 0. The third kappa shape index (κ3) is 3.77. The molecule has 130 valence electrons. The minimum atomic E-state index is -0.948. The van der Waals surface area contributed by atoms with Crippen molar-refractivity contribution in [2.45, 2.75) is 26.0 Å². The molecular weight excluding hydrogens is 342 g/mol. The van der Waals surface area contributed by atoms with E-state index in [9.17, 15) is 14.7 Å². The summed E-state index contributed by atoms with van der Waals surface area (Å²) in [5.74, 6) is -1.27. The Bertz CT molecular complexity index is 821. The maximum Gasteiger partial charge on any atom is 0.342 e. The predicted molar refractivity (Wildman–Crippen MR) is 93.6 cm³/mol. The lowest BCUT2D eigenvalue weighted by Gasteiger charge is -2.30. The number of aromatic hydroxyl groups is 1. The van der Waals surface area contributed by atoms with Crippen molar-refractivity contribution in [2.75, 3.05) is 6.54 Å². The summed E-state index contributed by atoms with van der Waals surface area (Å²) in [4.78, 5) is 26.5. The van der Waals surface area contributed by atoms with Crippen molar-refractivity contribution in [1.29, 1.82) is 0 Å². The number of ether oxygens (including phenoxy) is 1. The standard InChI is InChI=1S/C19H18ClNO4/c1-12(25-19(24)16-10-15(20)6-7-17(16)22)18(23)21-9-8-13-4-2-3-5-14(13)11-21/h2-7,10,12,22H,8-9,11H2,1H3/t12-/m0/s1. The van der Waals surface area contributed by atoms with Gasteiger partial charge in [-0.25, -0.2) is 4.79 Å². The van der Waals surface area contributed by atoms with Gasteiger partial charge in [-0.05, 0) is 42.7 Å². The van der Waals surface area contributed by atoms with E-state index in [4.69, 9.17) is 16.3 Å². The van der Waals surface area contributed by atoms with E-state index in [2.05, 4.69) is 6.07 Å². The summed E-state index contributed by atoms with van der Waals surface area (Å²) >= 11 is 5.84. The number of esters is 1. The van der Waals surface area contributed by atoms with Crippen LogP contribution in [-0.4, -0.2) is 34.5 Å². The van der Waals surface area contributed by atoms with Gasteiger partial charge in [-0.3, -0.25) is 4.79 Å². The summed E-state index contributed by atoms with van der Waals surface area (Å²) in [6.07, 6.45) is -0.173. The van der Waals surface area contributed by atoms with Gasteiger partial charge in [0.25, 0.3) is 5.91 Å². The number of fused-ring (bicyclic) bond motifs is 1. The van der Waals surface area contributed by atoms with Gasteiger partial charge >= 0.3 is 5.97 Å². The van der Waals surface area contributed by atoms with Crippen LogP contribution in [0.1, 0.15) is 28.4 Å². The van der Waals surface area contributed by atoms with E-state index in [0.717, 1.165) is 12.0 Å². The summed E-state index contributed by atoms with van der Waals surface area (Å²) in [5, 5.41) is 10.1. The summed E-state index contributed by atoms with van der Waals surface area (Å²) in [6, 6.07) is 12.1. The van der Waals surface area contributed by atoms with Crippen LogP contribution in [0, 0.1) is 0 Å². The third-order valence-electron chi connectivity index (χ3n) is 4.25. The van der Waals surface area contributed by atoms with Gasteiger partial charge in [0, 0.05) is 18.1 Å². The maximum absolute atomic E-state index is 12.6. The van der Waals surface area contributed by atoms with E-state index < -0.39 is 12.1 Å². The molecule has 0 fully saturated rings. The number of benzene rings is 2. The number of hydrogen-bond acceptors (Lipinski definition) is 4. The van der Waals surface area contributed by atoms with Gasteiger partial charge in [0.2, 0.25) is 0 Å². The Morgan fingerprint density at radius 3 is 2.68 bits per heavy atom. The van der Waals surface area contributed by atoms with Gasteiger partial charge in [-0.1, -0.05) is 35.9 Å². The van der Waals surface area contributed by atoms with Crippen LogP contribution < -0.4 is 0 Å². The first-order valence-electron chi connectivity index (χ1n) is 8.01. The highest BCUT2D eigenvalue weighted by Crippen LogP contribution is 2.23. The Morgan fingerprint density at radius 2 is 1.92 bits per heavy atom. The van der Waals surface area contributed by atoms with Crippen molar-refractivity contribution in [3.8, 4) is 5.75 Å². The minimum absolute atomic E-state index is 0.0591. The first-order valence-corrected chi connectivity index (χ1v) is 8.38. The van der Waals surface area contributed by atoms with Crippen LogP contribution >= 0.6 is 11.6 Å². The lowest BCUT2D eigenvalue weighted by molar-refractivity contribution is -0.140. The van der Waals surface area contributed by atoms with E-state index in [1.54, 1.807) is 4.90 Å². The molecule has 0 saturated heterocycles. The van der Waals surface area contributed by atoms with Crippen LogP contribution in [0.15, 0.2) is 42.5 Å². The van der Waals surface area contributed by atoms with Gasteiger partial charge < -0.3 is 14.7 Å². The number of rotatable bonds is 3. The molecule has 6 heteroatoms. The number of nitrogens with zero attached hydrogens (tertiary/aromatic N) is 1. The topological polar surface area (TPSA) is 66.8 Å². The fourth-order valence-electron chi connectivity index (χ4n) is 2.89. The van der Waals surface area contributed by atoms with Crippen LogP contribution in [-0.2, 0) is 22.5 Å². The number of carbonyl (C=O) groups excluding carboxylic acids is 2. The molecule has 1 aliphatic rings. The van der Waals surface area contributed by atoms with Crippen LogP contribution in [0.4, 0.5) is 0 Å². The molecule has 1 atom stereocenters. The van der Waals surface area contributed by atoms with Gasteiger partial charge in [0.15, 0.2) is 6.10 Å². The molecule has 0 saturated carbocycles. The van der Waals surface area contributed by atoms with Crippen molar-refractivity contribution >= 4 is 23.5 Å². The molecule has 2 aromatic rings. The molecule has 25 heavy (non-hydrogen) atoms. The Morgan fingerprint density at radius 1 is 1.20 bits per heavy atom. The van der Waals surface area contributed by atoms with Crippen molar-refractivity contribution in [3.05, 3.63) is 64.2 Å². The molecule has 3 rings (SSSR count). The zero-order valence-electron chi connectivity index (χ0n) is 13.7. The molecule has 0 aromatic heterocycles. The second-order valence-corrected chi connectivity index (χ2v) is 6.42. The average Bonchev–Trinajstić information content (AvgIpc) is 2.62. The van der Waals surface area contributed by atoms with Crippen molar-refractivity contribution in [1.82, 2.24) is 4.90 Å². The van der Waals surface area contributed by atoms with Crippen LogP contribution in [0.25, 0.3) is 0 Å². The molecule has 0 unspecified atom stereocenters. The highest BCUT2D eigenvalue weighted by molar-refractivity contribution is 6.31. The van der Waals surface area contributed by atoms with Crippen LogP contribution in [0.2, 0.25) is 5.02 Å². The monoisotopic (exact) mass is 359 g/mol. The van der Waals surface area contributed by atoms with E-state index in [1.807, 2.05) is 18.2 Å². The maximum atomic E-state index is 12.6. The largest absolute Gasteiger partial charge is 0.507 e. The SMILES string of the molecule is C[C@H](OC(=O)c1cc(Cl)ccc1O)C(=O)N1CCc2ccccc2C1. The van der Waals surface area contributed by atoms with Crippen molar-refractivity contribution in [3.63, 3.8) is 0 Å². The lowest BCUT2D eigenvalue weighted by atomic mass is 9.99. The molecule has 1 heterocycles. The molecule has 5 nitrogen and oxygen atoms in total. The van der Waals surface area contributed by atoms with Gasteiger partial charge in [0.1, 0.15) is 11.3 Å².